The van der Waals surface area contributed by atoms with Crippen LogP contribution in [0.15, 0.2) is 18.2 Å². The molecule has 0 aromatic heterocycles. The van der Waals surface area contributed by atoms with E-state index in [1.165, 1.54) is 70.0 Å². The summed E-state index contributed by atoms with van der Waals surface area (Å²) in [5.74, 6) is 1.87. The van der Waals surface area contributed by atoms with Gasteiger partial charge < -0.3 is 14.8 Å². The Hall–Kier alpha value is -1.26. The van der Waals surface area contributed by atoms with E-state index >= 15 is 0 Å². The molecule has 1 aromatic rings. The van der Waals surface area contributed by atoms with E-state index in [-0.39, 0.29) is 0 Å². The summed E-state index contributed by atoms with van der Waals surface area (Å²) in [5.41, 5.74) is 1.24. The van der Waals surface area contributed by atoms with Gasteiger partial charge in [0.2, 0.25) is 0 Å². The number of rotatable bonds is 12. The lowest BCUT2D eigenvalue weighted by Crippen LogP contribution is -2.39. The Bertz CT molecular complexity index is 501. The second-order valence-corrected chi connectivity index (χ2v) is 7.34. The van der Waals surface area contributed by atoms with Crippen molar-refractivity contribution in [3.8, 4) is 11.5 Å². The average Bonchev–Trinajstić information content (AvgIpc) is 2.70. The Morgan fingerprint density at radius 2 is 1.77 bits per heavy atom. The van der Waals surface area contributed by atoms with Crippen LogP contribution in [0.5, 0.6) is 11.5 Å². The molecule has 1 saturated heterocycles. The first-order valence-electron chi connectivity index (χ1n) is 10.5. The monoisotopic (exact) mass is 362 g/mol. The first-order chi connectivity index (χ1) is 12.8. The number of nitrogens with zero attached hydrogens (tertiary/aromatic N) is 1. The highest BCUT2D eigenvalue weighted by Crippen LogP contribution is 2.33. The quantitative estimate of drug-likeness (QED) is 0.542. The topological polar surface area (TPSA) is 33.7 Å². The number of hydrogen-bond acceptors (Lipinski definition) is 4. The van der Waals surface area contributed by atoms with Crippen molar-refractivity contribution in [3.63, 3.8) is 0 Å². The van der Waals surface area contributed by atoms with Crippen LogP contribution in [-0.2, 0) is 0 Å². The highest BCUT2D eigenvalue weighted by Gasteiger charge is 2.25. The van der Waals surface area contributed by atoms with Gasteiger partial charge in [0.25, 0.3) is 0 Å². The van der Waals surface area contributed by atoms with Gasteiger partial charge in [-0.25, -0.2) is 0 Å². The maximum Gasteiger partial charge on any atom is 0.123 e. The van der Waals surface area contributed by atoms with Gasteiger partial charge in [0.05, 0.1) is 20.3 Å². The fourth-order valence-electron chi connectivity index (χ4n) is 3.86. The first-order valence-corrected chi connectivity index (χ1v) is 10.5. The lowest BCUT2D eigenvalue weighted by molar-refractivity contribution is 0.157. The predicted molar refractivity (Wildman–Crippen MR) is 109 cm³/mol. The Morgan fingerprint density at radius 1 is 1.00 bits per heavy atom. The van der Waals surface area contributed by atoms with Crippen molar-refractivity contribution in [2.45, 2.75) is 64.3 Å². The van der Waals surface area contributed by atoms with Gasteiger partial charge in [-0.15, -0.1) is 0 Å². The van der Waals surface area contributed by atoms with Gasteiger partial charge in [-0.1, -0.05) is 39.0 Å². The predicted octanol–water partition coefficient (Wildman–Crippen LogP) is 4.79. The molecule has 0 aliphatic carbocycles. The molecule has 4 nitrogen and oxygen atoms in total. The number of methoxy groups -OCH3 is 2. The molecule has 1 unspecified atom stereocenters. The third kappa shape index (κ3) is 6.48. The molecule has 1 atom stereocenters. The molecule has 26 heavy (non-hydrogen) atoms. The van der Waals surface area contributed by atoms with Crippen LogP contribution in [0.3, 0.4) is 0 Å². The molecule has 1 aromatic carbocycles. The van der Waals surface area contributed by atoms with Gasteiger partial charge in [0.1, 0.15) is 11.5 Å². The van der Waals surface area contributed by atoms with E-state index in [0.717, 1.165) is 24.6 Å². The van der Waals surface area contributed by atoms with E-state index in [4.69, 9.17) is 9.47 Å². The summed E-state index contributed by atoms with van der Waals surface area (Å²) < 4.78 is 11.2. The van der Waals surface area contributed by atoms with E-state index in [9.17, 15) is 0 Å². The zero-order valence-corrected chi connectivity index (χ0v) is 17.1. The van der Waals surface area contributed by atoms with Gasteiger partial charge in [-0.3, -0.25) is 4.90 Å². The van der Waals surface area contributed by atoms with Crippen LogP contribution in [-0.4, -0.2) is 45.3 Å². The third-order valence-electron chi connectivity index (χ3n) is 5.42. The molecule has 4 heteroatoms. The lowest BCUT2D eigenvalue weighted by Gasteiger charge is -2.35. The van der Waals surface area contributed by atoms with Gasteiger partial charge in [0, 0.05) is 12.1 Å². The zero-order chi connectivity index (χ0) is 18.6. The smallest absolute Gasteiger partial charge is 0.123 e. The summed E-state index contributed by atoms with van der Waals surface area (Å²) in [6.45, 7) is 6.67. The Morgan fingerprint density at radius 3 is 2.46 bits per heavy atom. The summed E-state index contributed by atoms with van der Waals surface area (Å²) in [5, 5.41) is 3.71. The largest absolute Gasteiger partial charge is 0.497 e. The Labute approximate surface area is 160 Å². The van der Waals surface area contributed by atoms with Crippen molar-refractivity contribution in [1.82, 2.24) is 10.2 Å². The summed E-state index contributed by atoms with van der Waals surface area (Å²) >= 11 is 0. The van der Waals surface area contributed by atoms with Gasteiger partial charge >= 0.3 is 0 Å². The van der Waals surface area contributed by atoms with Crippen LogP contribution < -0.4 is 14.8 Å². The molecule has 1 fully saturated rings. The normalized spacial score (nSPS) is 16.4. The van der Waals surface area contributed by atoms with Crippen molar-refractivity contribution >= 4 is 0 Å². The highest BCUT2D eigenvalue weighted by atomic mass is 16.5. The van der Waals surface area contributed by atoms with E-state index in [0.29, 0.717) is 6.04 Å². The number of unbranched alkanes of at least 4 members (excludes halogenated alkanes) is 4. The van der Waals surface area contributed by atoms with Crippen molar-refractivity contribution in [2.24, 2.45) is 0 Å². The highest BCUT2D eigenvalue weighted by molar-refractivity contribution is 5.42. The minimum atomic E-state index is 0.344. The molecule has 0 bridgehead atoms. The molecule has 2 rings (SSSR count). The van der Waals surface area contributed by atoms with Crippen LogP contribution in [0.4, 0.5) is 0 Å². The molecule has 1 aliphatic heterocycles. The minimum absolute atomic E-state index is 0.344. The van der Waals surface area contributed by atoms with Crippen LogP contribution >= 0.6 is 0 Å². The standard InChI is InChI=1S/C22H38N2O2/c1-4-5-6-7-9-14-23-18-21(24-15-10-8-11-16-24)20-17-19(25-2)12-13-22(20)26-3/h12-13,17,21,23H,4-11,14-16,18H2,1-3H3. The van der Waals surface area contributed by atoms with Crippen LogP contribution in [0.25, 0.3) is 0 Å². The SMILES string of the molecule is CCCCCCCNCC(c1cc(OC)ccc1OC)N1CCCCC1. The van der Waals surface area contributed by atoms with Crippen LogP contribution in [0.2, 0.25) is 0 Å². The molecule has 0 radical (unpaired) electrons. The number of ether oxygens (including phenoxy) is 2. The minimum Gasteiger partial charge on any atom is -0.497 e. The second-order valence-electron chi connectivity index (χ2n) is 7.34. The van der Waals surface area contributed by atoms with E-state index in [2.05, 4.69) is 23.2 Å². The zero-order valence-electron chi connectivity index (χ0n) is 17.1. The summed E-state index contributed by atoms with van der Waals surface area (Å²) in [6.07, 6.45) is 10.6. The lowest BCUT2D eigenvalue weighted by atomic mass is 10.00. The number of hydrogen-bond donors (Lipinski definition) is 1. The number of nitrogens with one attached hydrogen (secondary N) is 1. The van der Waals surface area contributed by atoms with Crippen molar-refractivity contribution < 1.29 is 9.47 Å². The molecule has 1 N–H and O–H groups in total. The van der Waals surface area contributed by atoms with Crippen molar-refractivity contribution in [1.29, 1.82) is 0 Å². The second kappa shape index (κ2) is 12.2. The van der Waals surface area contributed by atoms with Gasteiger partial charge in [-0.2, -0.15) is 0 Å². The van der Waals surface area contributed by atoms with Crippen LogP contribution in [0, 0.1) is 0 Å². The summed E-state index contributed by atoms with van der Waals surface area (Å²) in [4.78, 5) is 2.62. The molecule has 0 amide bonds. The number of piperidine rings is 1. The van der Waals surface area contributed by atoms with E-state index in [1.807, 2.05) is 12.1 Å². The first kappa shape index (κ1) is 21.0. The van der Waals surface area contributed by atoms with Gasteiger partial charge in [0.15, 0.2) is 0 Å². The maximum absolute atomic E-state index is 5.68. The Kier molecular flexibility index (Phi) is 9.86. The molecule has 1 heterocycles. The molecular weight excluding hydrogens is 324 g/mol. The van der Waals surface area contributed by atoms with E-state index < -0.39 is 0 Å². The fraction of sp³-hybridized carbons (Fsp3) is 0.727. The fourth-order valence-corrected chi connectivity index (χ4v) is 3.86. The van der Waals surface area contributed by atoms with E-state index in [1.54, 1.807) is 14.2 Å². The molecular formula is C22H38N2O2. The third-order valence-corrected chi connectivity index (χ3v) is 5.42. The van der Waals surface area contributed by atoms with Crippen molar-refractivity contribution in [3.05, 3.63) is 23.8 Å². The van der Waals surface area contributed by atoms with Crippen molar-refractivity contribution in [2.75, 3.05) is 40.4 Å². The Balaban J connectivity index is 2.01. The summed E-state index contributed by atoms with van der Waals surface area (Å²) in [7, 11) is 3.50. The number of benzene rings is 1. The van der Waals surface area contributed by atoms with Crippen LogP contribution in [0.1, 0.15) is 69.9 Å². The average molecular weight is 363 g/mol. The number of likely N-dealkylation sites (tertiary alicyclic amines) is 1. The molecule has 148 valence electrons. The maximum atomic E-state index is 5.68. The summed E-state index contributed by atoms with van der Waals surface area (Å²) in [6, 6.07) is 6.52. The molecule has 0 saturated carbocycles. The van der Waals surface area contributed by atoms with Gasteiger partial charge in [-0.05, 0) is 57.1 Å². The molecule has 0 spiro atoms. The molecule has 1 aliphatic rings.